The molecule has 1 atom stereocenters. The van der Waals surface area contributed by atoms with E-state index in [1.54, 1.807) is 0 Å². The first kappa shape index (κ1) is 28.4. The molecule has 204 valence electrons. The lowest BCUT2D eigenvalue weighted by Gasteiger charge is -2.35. The number of aromatic nitrogens is 2. The molecule has 15 heteroatoms. The van der Waals surface area contributed by atoms with Gasteiger partial charge in [-0.2, -0.15) is 18.3 Å². The minimum atomic E-state index is -5.42. The Balaban J connectivity index is 1.83. The van der Waals surface area contributed by atoms with E-state index in [9.17, 15) is 45.4 Å². The smallest absolute Gasteiger partial charge is 0.383 e. The molecule has 0 aliphatic rings. The minimum absolute atomic E-state index is 0.354. The summed E-state index contributed by atoms with van der Waals surface area (Å²) in [6, 6.07) is 4.81. The number of anilines is 1. The third-order valence-electron chi connectivity index (χ3n) is 5.56. The summed E-state index contributed by atoms with van der Waals surface area (Å²) in [5.41, 5.74) is 0.0399. The Morgan fingerprint density at radius 2 is 1.71 bits per heavy atom. The highest BCUT2D eigenvalue weighted by molar-refractivity contribution is 5.98. The highest BCUT2D eigenvalue weighted by Gasteiger charge is 2.55. The molecule has 3 aromatic rings. The topological polar surface area (TPSA) is 113 Å². The number of aliphatic hydroxyl groups is 1. The molecule has 2 aromatic carbocycles. The second-order valence-electron chi connectivity index (χ2n) is 8.08. The highest BCUT2D eigenvalue weighted by Crippen LogP contribution is 2.32. The second-order valence-corrected chi connectivity index (χ2v) is 8.08. The van der Waals surface area contributed by atoms with Crippen molar-refractivity contribution in [2.75, 3.05) is 25.4 Å². The first-order chi connectivity index (χ1) is 17.7. The summed E-state index contributed by atoms with van der Waals surface area (Å²) in [4.78, 5) is 25.5. The van der Waals surface area contributed by atoms with Crippen LogP contribution in [0.25, 0.3) is 5.69 Å². The molecule has 0 fully saturated rings. The van der Waals surface area contributed by atoms with Crippen molar-refractivity contribution >= 4 is 17.6 Å². The molecule has 2 amide bonds. The standard InChI is InChI=1S/C23H20F7N5O3/c1-2-34(21(37)18-14(25)4-3-5-15(18)26)11-22(38,23(28,29)30)10-32-20(36)13-9-33-35(19(13)31)17-7-6-12(24)8-16(17)27/h3-9,38H,2,10-11,31H2,1H3,(H,32,36). The van der Waals surface area contributed by atoms with Crippen molar-refractivity contribution < 1.29 is 45.4 Å². The molecule has 0 spiro atoms. The van der Waals surface area contributed by atoms with Gasteiger partial charge in [-0.25, -0.2) is 22.2 Å². The molecule has 0 saturated carbocycles. The molecule has 4 N–H and O–H groups in total. The average Bonchev–Trinajstić information content (AvgIpc) is 3.21. The van der Waals surface area contributed by atoms with Gasteiger partial charge in [-0.05, 0) is 31.2 Å². The van der Waals surface area contributed by atoms with Gasteiger partial charge in [0.2, 0.25) is 0 Å². The van der Waals surface area contributed by atoms with Gasteiger partial charge in [0.05, 0.1) is 19.3 Å². The van der Waals surface area contributed by atoms with Gasteiger partial charge in [0.1, 0.15) is 40.1 Å². The minimum Gasteiger partial charge on any atom is -0.383 e. The number of amides is 2. The average molecular weight is 547 g/mol. The van der Waals surface area contributed by atoms with Crippen LogP contribution in [-0.4, -0.2) is 63.0 Å². The fraction of sp³-hybridized carbons (Fsp3) is 0.261. The maximum Gasteiger partial charge on any atom is 0.420 e. The Kier molecular flexibility index (Phi) is 8.00. The van der Waals surface area contributed by atoms with Gasteiger partial charge in [0.25, 0.3) is 11.8 Å². The van der Waals surface area contributed by atoms with Gasteiger partial charge < -0.3 is 21.1 Å². The summed E-state index contributed by atoms with van der Waals surface area (Å²) in [6.07, 6.45) is -4.61. The second kappa shape index (κ2) is 10.7. The molecule has 3 rings (SSSR count). The van der Waals surface area contributed by atoms with Crippen LogP contribution in [0.2, 0.25) is 0 Å². The molecule has 0 radical (unpaired) electrons. The zero-order valence-electron chi connectivity index (χ0n) is 19.5. The van der Waals surface area contributed by atoms with Crippen molar-refractivity contribution in [2.45, 2.75) is 18.7 Å². The van der Waals surface area contributed by atoms with E-state index < -0.39 is 83.4 Å². The van der Waals surface area contributed by atoms with Crippen molar-refractivity contribution in [1.29, 1.82) is 0 Å². The van der Waals surface area contributed by atoms with Gasteiger partial charge in [-0.1, -0.05) is 6.07 Å². The normalized spacial score (nSPS) is 13.2. The van der Waals surface area contributed by atoms with Crippen LogP contribution < -0.4 is 11.1 Å². The van der Waals surface area contributed by atoms with E-state index in [4.69, 9.17) is 5.73 Å². The zero-order chi connectivity index (χ0) is 28.4. The molecule has 1 aromatic heterocycles. The van der Waals surface area contributed by atoms with Crippen LogP contribution in [0.1, 0.15) is 27.6 Å². The Bertz CT molecular complexity index is 1340. The van der Waals surface area contributed by atoms with Crippen molar-refractivity contribution in [2.24, 2.45) is 0 Å². The van der Waals surface area contributed by atoms with Crippen molar-refractivity contribution in [3.63, 3.8) is 0 Å². The third-order valence-corrected chi connectivity index (χ3v) is 5.56. The van der Waals surface area contributed by atoms with E-state index in [0.717, 1.165) is 36.5 Å². The first-order valence-corrected chi connectivity index (χ1v) is 10.8. The molecule has 8 nitrogen and oxygen atoms in total. The highest BCUT2D eigenvalue weighted by atomic mass is 19.4. The number of nitrogen functional groups attached to an aromatic ring is 1. The molecule has 1 heterocycles. The number of likely N-dealkylation sites (N-methyl/N-ethyl adjacent to an activating group) is 1. The first-order valence-electron chi connectivity index (χ1n) is 10.8. The van der Waals surface area contributed by atoms with Crippen molar-refractivity contribution in [3.05, 3.63) is 77.0 Å². The Labute approximate surface area is 210 Å². The maximum absolute atomic E-state index is 14.1. The van der Waals surface area contributed by atoms with Gasteiger partial charge >= 0.3 is 6.18 Å². The number of halogens is 7. The number of carbonyl (C=O) groups is 2. The lowest BCUT2D eigenvalue weighted by atomic mass is 10.0. The van der Waals surface area contributed by atoms with Crippen LogP contribution in [0.4, 0.5) is 36.6 Å². The third kappa shape index (κ3) is 5.56. The van der Waals surface area contributed by atoms with E-state index in [1.807, 2.05) is 5.32 Å². The van der Waals surface area contributed by atoms with Crippen molar-refractivity contribution in [1.82, 2.24) is 20.0 Å². The quantitative estimate of drug-likeness (QED) is 0.375. The summed E-state index contributed by atoms with van der Waals surface area (Å²) in [5, 5.41) is 15.9. The number of nitrogens with one attached hydrogen (secondary N) is 1. The van der Waals surface area contributed by atoms with Crippen LogP contribution in [0, 0.1) is 23.3 Å². The molecule has 0 saturated heterocycles. The molecule has 0 aliphatic heterocycles. The summed E-state index contributed by atoms with van der Waals surface area (Å²) in [7, 11) is 0. The Hall–Kier alpha value is -4.14. The number of alkyl halides is 3. The molecule has 38 heavy (non-hydrogen) atoms. The molecule has 0 aliphatic carbocycles. The van der Waals surface area contributed by atoms with Crippen LogP contribution in [0.5, 0.6) is 0 Å². The predicted octanol–water partition coefficient (Wildman–Crippen LogP) is 3.20. The van der Waals surface area contributed by atoms with Crippen LogP contribution >= 0.6 is 0 Å². The predicted molar refractivity (Wildman–Crippen MR) is 119 cm³/mol. The number of carbonyl (C=O) groups excluding carboxylic acids is 2. The van der Waals surface area contributed by atoms with E-state index in [0.29, 0.717) is 15.6 Å². The summed E-state index contributed by atoms with van der Waals surface area (Å²) in [5.74, 6) is -7.85. The lowest BCUT2D eigenvalue weighted by molar-refractivity contribution is -0.259. The van der Waals surface area contributed by atoms with Gasteiger partial charge in [0.15, 0.2) is 11.4 Å². The SMILES string of the molecule is CCN(CC(O)(CNC(=O)c1cnn(-c2ccc(F)cc2F)c1N)C(F)(F)F)C(=O)c1c(F)cccc1F. The van der Waals surface area contributed by atoms with E-state index in [2.05, 4.69) is 5.10 Å². The zero-order valence-corrected chi connectivity index (χ0v) is 19.5. The van der Waals surface area contributed by atoms with Gasteiger partial charge in [0, 0.05) is 12.6 Å². The van der Waals surface area contributed by atoms with Crippen molar-refractivity contribution in [3.8, 4) is 5.69 Å². The number of benzene rings is 2. The number of hydrogen-bond donors (Lipinski definition) is 3. The van der Waals surface area contributed by atoms with Crippen LogP contribution in [0.3, 0.4) is 0 Å². The van der Waals surface area contributed by atoms with E-state index in [-0.39, 0.29) is 5.69 Å². The lowest BCUT2D eigenvalue weighted by Crippen LogP contribution is -2.60. The molecule has 0 bridgehead atoms. The molecule has 1 unspecified atom stereocenters. The number of hydrogen-bond acceptors (Lipinski definition) is 5. The Morgan fingerprint density at radius 1 is 1.08 bits per heavy atom. The molecular formula is C23H20F7N5O3. The fourth-order valence-corrected chi connectivity index (χ4v) is 3.45. The molecular weight excluding hydrogens is 527 g/mol. The van der Waals surface area contributed by atoms with Gasteiger partial charge in [-0.15, -0.1) is 0 Å². The van der Waals surface area contributed by atoms with Gasteiger partial charge in [-0.3, -0.25) is 9.59 Å². The summed E-state index contributed by atoms with van der Waals surface area (Å²) >= 11 is 0. The monoisotopic (exact) mass is 547 g/mol. The van der Waals surface area contributed by atoms with E-state index in [1.165, 1.54) is 6.92 Å². The summed E-state index contributed by atoms with van der Waals surface area (Å²) in [6.45, 7) is -2.26. The number of nitrogens with two attached hydrogens (primary N) is 1. The van der Waals surface area contributed by atoms with Crippen LogP contribution in [0.15, 0.2) is 42.6 Å². The Morgan fingerprint density at radius 3 is 2.26 bits per heavy atom. The van der Waals surface area contributed by atoms with E-state index >= 15 is 0 Å². The number of rotatable bonds is 8. The largest absolute Gasteiger partial charge is 0.420 e. The maximum atomic E-state index is 14.1. The summed E-state index contributed by atoms with van der Waals surface area (Å²) < 4.78 is 97.6. The number of nitrogens with zero attached hydrogens (tertiary/aromatic N) is 3. The van der Waals surface area contributed by atoms with Crippen LogP contribution in [-0.2, 0) is 0 Å². The fourth-order valence-electron chi connectivity index (χ4n) is 3.45.